The summed E-state index contributed by atoms with van der Waals surface area (Å²) in [5.74, 6) is 0. The van der Waals surface area contributed by atoms with Gasteiger partial charge in [-0.05, 0) is 57.0 Å². The maximum atomic E-state index is 2.54. The predicted molar refractivity (Wildman–Crippen MR) is 147 cm³/mol. The van der Waals surface area contributed by atoms with Gasteiger partial charge < -0.3 is 0 Å². The Morgan fingerprint density at radius 2 is 1.15 bits per heavy atom. The van der Waals surface area contributed by atoms with Crippen molar-refractivity contribution in [2.75, 3.05) is 0 Å². The molecule has 5 aromatic carbocycles. The van der Waals surface area contributed by atoms with Crippen LogP contribution in [0.4, 0.5) is 0 Å². The quantitative estimate of drug-likeness (QED) is 0.293. The van der Waals surface area contributed by atoms with Crippen molar-refractivity contribution in [2.45, 2.75) is 6.92 Å². The number of rotatable bonds is 2. The Balaban J connectivity index is 1.69. The SMILES string of the molecule is Cc1ccc2c(c1)[Si](c1ccccc1)(c1ccccc1)c1cc3sc4ccccc4c3cc1-2. The lowest BCUT2D eigenvalue weighted by Gasteiger charge is -2.31. The molecule has 0 saturated heterocycles. The number of hydrogen-bond donors (Lipinski definition) is 0. The Labute approximate surface area is 198 Å². The topological polar surface area (TPSA) is 0 Å². The first-order valence-corrected chi connectivity index (χ1v) is 14.3. The molecule has 156 valence electrons. The molecule has 0 radical (unpaired) electrons. The molecular weight excluding hydrogens is 432 g/mol. The van der Waals surface area contributed by atoms with Gasteiger partial charge in [0.1, 0.15) is 0 Å². The summed E-state index contributed by atoms with van der Waals surface area (Å²) in [6.45, 7) is 2.23. The van der Waals surface area contributed by atoms with E-state index in [1.54, 1.807) is 0 Å². The van der Waals surface area contributed by atoms with Crippen LogP contribution in [-0.2, 0) is 0 Å². The molecule has 2 heteroatoms. The molecular formula is C31H22SSi. The second kappa shape index (κ2) is 7.02. The molecule has 0 bridgehead atoms. The fourth-order valence-corrected chi connectivity index (χ4v) is 12.3. The number of hydrogen-bond acceptors (Lipinski definition) is 1. The van der Waals surface area contributed by atoms with Crippen LogP contribution in [0, 0.1) is 6.92 Å². The second-order valence-corrected chi connectivity index (χ2v) is 13.8. The van der Waals surface area contributed by atoms with E-state index in [2.05, 4.69) is 122 Å². The zero-order chi connectivity index (χ0) is 22.0. The van der Waals surface area contributed by atoms with Crippen LogP contribution in [0.25, 0.3) is 31.3 Å². The Bertz CT molecular complexity index is 1620. The molecule has 6 aromatic rings. The van der Waals surface area contributed by atoms with Crippen LogP contribution >= 0.6 is 11.3 Å². The fraction of sp³-hybridized carbons (Fsp3) is 0.0323. The third-order valence-electron chi connectivity index (χ3n) is 7.20. The average molecular weight is 455 g/mol. The molecule has 1 aliphatic rings. The molecule has 0 atom stereocenters. The molecule has 0 fully saturated rings. The van der Waals surface area contributed by atoms with Crippen LogP contribution in [0.1, 0.15) is 5.56 Å². The van der Waals surface area contributed by atoms with Gasteiger partial charge in [0.15, 0.2) is 8.07 Å². The van der Waals surface area contributed by atoms with Gasteiger partial charge in [0.25, 0.3) is 0 Å². The van der Waals surface area contributed by atoms with Crippen molar-refractivity contribution >= 4 is 60.3 Å². The zero-order valence-electron chi connectivity index (χ0n) is 18.4. The second-order valence-electron chi connectivity index (χ2n) is 9.02. The summed E-state index contributed by atoms with van der Waals surface area (Å²) in [7, 11) is -2.42. The van der Waals surface area contributed by atoms with E-state index in [1.807, 2.05) is 11.3 Å². The summed E-state index contributed by atoms with van der Waals surface area (Å²) in [4.78, 5) is 0. The van der Waals surface area contributed by atoms with Crippen LogP contribution in [0.2, 0.25) is 0 Å². The van der Waals surface area contributed by atoms with Crippen molar-refractivity contribution < 1.29 is 0 Å². The highest BCUT2D eigenvalue weighted by atomic mass is 32.1. The molecule has 1 aromatic heterocycles. The van der Waals surface area contributed by atoms with Crippen molar-refractivity contribution in [3.8, 4) is 11.1 Å². The van der Waals surface area contributed by atoms with Gasteiger partial charge >= 0.3 is 0 Å². The molecule has 0 N–H and O–H groups in total. The molecule has 0 spiro atoms. The largest absolute Gasteiger partial charge is 0.180 e. The summed E-state index contributed by atoms with van der Waals surface area (Å²) in [5, 5.41) is 8.72. The van der Waals surface area contributed by atoms with Crippen LogP contribution in [0.15, 0.2) is 115 Å². The normalized spacial score (nSPS) is 13.8. The van der Waals surface area contributed by atoms with Crippen molar-refractivity contribution in [1.82, 2.24) is 0 Å². The number of aryl methyl sites for hydroxylation is 1. The van der Waals surface area contributed by atoms with E-state index in [9.17, 15) is 0 Å². The van der Waals surface area contributed by atoms with Crippen molar-refractivity contribution in [3.63, 3.8) is 0 Å². The summed E-state index contributed by atoms with van der Waals surface area (Å²) in [5.41, 5.74) is 4.16. The standard InChI is InChI=1S/C31H22SSi/c1-21-16-17-25-27-19-26-24-14-8-9-15-28(24)32-29(26)20-31(27)33(30(25)18-21,22-10-4-2-5-11-22)23-12-6-3-7-13-23/h2-20H,1H3. The summed E-state index contributed by atoms with van der Waals surface area (Å²) >= 11 is 1.92. The van der Waals surface area contributed by atoms with Gasteiger partial charge in [-0.15, -0.1) is 11.3 Å². The maximum absolute atomic E-state index is 2.54. The Morgan fingerprint density at radius 3 is 1.88 bits per heavy atom. The molecule has 0 saturated carbocycles. The third-order valence-corrected chi connectivity index (χ3v) is 13.2. The Kier molecular flexibility index (Phi) is 4.05. The van der Waals surface area contributed by atoms with Crippen LogP contribution < -0.4 is 20.7 Å². The van der Waals surface area contributed by atoms with E-state index in [0.29, 0.717) is 0 Å². The minimum absolute atomic E-state index is 1.33. The first kappa shape index (κ1) is 19.0. The molecule has 1 aliphatic heterocycles. The molecule has 0 unspecified atom stereocenters. The first-order chi connectivity index (χ1) is 16.3. The highest BCUT2D eigenvalue weighted by molar-refractivity contribution is 7.26. The highest BCUT2D eigenvalue weighted by Gasteiger charge is 2.48. The molecule has 0 nitrogen and oxygen atoms in total. The molecule has 0 aliphatic carbocycles. The van der Waals surface area contributed by atoms with E-state index in [4.69, 9.17) is 0 Å². The molecule has 7 rings (SSSR count). The molecule has 33 heavy (non-hydrogen) atoms. The number of fused-ring (bicyclic) bond motifs is 6. The van der Waals surface area contributed by atoms with Gasteiger partial charge in [-0.2, -0.15) is 0 Å². The smallest absolute Gasteiger partial charge is 0.135 e. The monoisotopic (exact) mass is 454 g/mol. The van der Waals surface area contributed by atoms with Crippen LogP contribution in [0.3, 0.4) is 0 Å². The van der Waals surface area contributed by atoms with Crippen molar-refractivity contribution in [1.29, 1.82) is 0 Å². The van der Waals surface area contributed by atoms with Crippen molar-refractivity contribution in [2.24, 2.45) is 0 Å². The summed E-state index contributed by atoms with van der Waals surface area (Å²) in [6.07, 6.45) is 0. The first-order valence-electron chi connectivity index (χ1n) is 11.4. The van der Waals surface area contributed by atoms with E-state index in [0.717, 1.165) is 0 Å². The predicted octanol–water partition coefficient (Wildman–Crippen LogP) is 5.72. The van der Waals surface area contributed by atoms with E-state index >= 15 is 0 Å². The van der Waals surface area contributed by atoms with Gasteiger partial charge in [-0.25, -0.2) is 0 Å². The third kappa shape index (κ3) is 2.56. The van der Waals surface area contributed by atoms with E-state index in [-0.39, 0.29) is 0 Å². The van der Waals surface area contributed by atoms with Gasteiger partial charge in [0.05, 0.1) is 0 Å². The maximum Gasteiger partial charge on any atom is 0.180 e. The Morgan fingerprint density at radius 1 is 0.515 bits per heavy atom. The van der Waals surface area contributed by atoms with Crippen molar-refractivity contribution in [3.05, 3.63) is 121 Å². The summed E-state index contributed by atoms with van der Waals surface area (Å²) < 4.78 is 2.76. The van der Waals surface area contributed by atoms with E-state index < -0.39 is 8.07 Å². The average Bonchev–Trinajstić information content (AvgIpc) is 3.36. The Hall–Kier alpha value is -3.46. The zero-order valence-corrected chi connectivity index (χ0v) is 20.2. The minimum atomic E-state index is -2.42. The lowest BCUT2D eigenvalue weighted by molar-refractivity contribution is 1.49. The number of thiophene rings is 1. The van der Waals surface area contributed by atoms with Crippen LogP contribution in [0.5, 0.6) is 0 Å². The van der Waals surface area contributed by atoms with Gasteiger partial charge in [-0.1, -0.05) is 103 Å². The summed E-state index contributed by atoms with van der Waals surface area (Å²) in [6, 6.07) is 43.5. The van der Waals surface area contributed by atoms with Gasteiger partial charge in [0.2, 0.25) is 0 Å². The van der Waals surface area contributed by atoms with Crippen LogP contribution in [-0.4, -0.2) is 8.07 Å². The lowest BCUT2D eigenvalue weighted by atomic mass is 10.0. The van der Waals surface area contributed by atoms with Gasteiger partial charge in [0, 0.05) is 20.2 Å². The number of benzene rings is 5. The lowest BCUT2D eigenvalue weighted by Crippen LogP contribution is -2.72. The minimum Gasteiger partial charge on any atom is -0.135 e. The fourth-order valence-electron chi connectivity index (χ4n) is 5.82. The van der Waals surface area contributed by atoms with Gasteiger partial charge in [-0.3, -0.25) is 0 Å². The molecule has 0 amide bonds. The highest BCUT2D eigenvalue weighted by Crippen LogP contribution is 2.38. The molecule has 2 heterocycles. The van der Waals surface area contributed by atoms with E-state index in [1.165, 1.54) is 57.6 Å².